The highest BCUT2D eigenvalue weighted by Crippen LogP contribution is 2.38. The van der Waals surface area contributed by atoms with Gasteiger partial charge in [-0.25, -0.2) is 0 Å². The Hall–Kier alpha value is -1.22. The van der Waals surface area contributed by atoms with E-state index in [0.717, 1.165) is 12.2 Å². The molecule has 8 heteroatoms. The fraction of sp³-hybridized carbons (Fsp3) is 0.667. The minimum Gasteiger partial charge on any atom is -0.486 e. The number of hydrogen-bond acceptors (Lipinski definition) is 5. The van der Waals surface area contributed by atoms with E-state index in [1.165, 1.54) is 8.61 Å². The summed E-state index contributed by atoms with van der Waals surface area (Å²) >= 11 is 0. The van der Waals surface area contributed by atoms with Crippen LogP contribution < -0.4 is 4.74 Å². The molecule has 128 valence electrons. The number of piperidine rings is 1. The van der Waals surface area contributed by atoms with E-state index in [-0.39, 0.29) is 11.7 Å². The average molecular weight is 341 g/mol. The molecule has 2 aliphatic heterocycles. The number of rotatable bonds is 4. The van der Waals surface area contributed by atoms with Gasteiger partial charge in [-0.15, -0.1) is 0 Å². The van der Waals surface area contributed by atoms with E-state index in [1.807, 2.05) is 12.1 Å². The lowest BCUT2D eigenvalue weighted by Gasteiger charge is -2.38. The highest BCUT2D eigenvalue weighted by Gasteiger charge is 2.45. The van der Waals surface area contributed by atoms with E-state index in [0.29, 0.717) is 32.5 Å². The van der Waals surface area contributed by atoms with Gasteiger partial charge in [0.05, 0.1) is 18.4 Å². The van der Waals surface area contributed by atoms with E-state index in [2.05, 4.69) is 4.98 Å². The lowest BCUT2D eigenvalue weighted by Crippen LogP contribution is -2.49. The molecule has 2 fully saturated rings. The van der Waals surface area contributed by atoms with Crippen molar-refractivity contribution in [3.8, 4) is 5.75 Å². The summed E-state index contributed by atoms with van der Waals surface area (Å²) in [7, 11) is -0.219. The summed E-state index contributed by atoms with van der Waals surface area (Å²) in [5, 5.41) is 0. The number of nitrogens with zero attached hydrogens (tertiary/aromatic N) is 3. The van der Waals surface area contributed by atoms with Crippen LogP contribution in [0.1, 0.15) is 19.3 Å². The third-order valence-electron chi connectivity index (χ3n) is 4.53. The van der Waals surface area contributed by atoms with Gasteiger partial charge in [-0.3, -0.25) is 4.98 Å². The third-order valence-corrected chi connectivity index (χ3v) is 6.47. The summed E-state index contributed by atoms with van der Waals surface area (Å²) in [6.45, 7) is 1.51. The van der Waals surface area contributed by atoms with Crippen LogP contribution in [0.3, 0.4) is 0 Å². The maximum Gasteiger partial charge on any atom is 0.281 e. The first-order chi connectivity index (χ1) is 10.9. The Morgan fingerprint density at radius 3 is 2.74 bits per heavy atom. The zero-order valence-electron chi connectivity index (χ0n) is 13.5. The van der Waals surface area contributed by atoms with E-state index in [4.69, 9.17) is 9.47 Å². The molecule has 1 aromatic rings. The molecular weight excluding hydrogens is 318 g/mol. The molecule has 7 nitrogen and oxygen atoms in total. The molecule has 0 unspecified atom stereocenters. The molecule has 2 saturated heterocycles. The molecule has 23 heavy (non-hydrogen) atoms. The summed E-state index contributed by atoms with van der Waals surface area (Å²) in [5.74, 6) is 0.741. The Balaban J connectivity index is 1.57. The van der Waals surface area contributed by atoms with E-state index < -0.39 is 10.2 Å². The largest absolute Gasteiger partial charge is 0.486 e. The molecule has 0 amide bonds. The Labute approximate surface area is 137 Å². The SMILES string of the molecule is CN(C)S(=O)(=O)N1CCC2(CC1)C[C@@H](Oc1cccnc1)CO2. The summed E-state index contributed by atoms with van der Waals surface area (Å²) in [6, 6.07) is 3.72. The predicted molar refractivity (Wildman–Crippen MR) is 85.4 cm³/mol. The van der Waals surface area contributed by atoms with Crippen molar-refractivity contribution >= 4 is 10.2 Å². The van der Waals surface area contributed by atoms with Crippen LogP contribution >= 0.6 is 0 Å². The number of hydrogen-bond donors (Lipinski definition) is 0. The van der Waals surface area contributed by atoms with Gasteiger partial charge < -0.3 is 9.47 Å². The van der Waals surface area contributed by atoms with Gasteiger partial charge >= 0.3 is 0 Å². The first kappa shape index (κ1) is 16.6. The maximum atomic E-state index is 12.2. The second-order valence-electron chi connectivity index (χ2n) is 6.32. The van der Waals surface area contributed by atoms with Crippen molar-refractivity contribution in [1.29, 1.82) is 0 Å². The predicted octanol–water partition coefficient (Wildman–Crippen LogP) is 0.890. The van der Waals surface area contributed by atoms with Crippen LogP contribution in [-0.2, 0) is 14.9 Å². The normalized spacial score (nSPS) is 25.1. The van der Waals surface area contributed by atoms with Crippen LogP contribution in [0.2, 0.25) is 0 Å². The molecule has 0 aliphatic carbocycles. The van der Waals surface area contributed by atoms with Crippen molar-refractivity contribution in [2.75, 3.05) is 33.8 Å². The molecule has 0 radical (unpaired) electrons. The van der Waals surface area contributed by atoms with Crippen molar-refractivity contribution in [2.24, 2.45) is 0 Å². The Bertz CT molecular complexity index is 627. The average Bonchev–Trinajstić information content (AvgIpc) is 2.91. The monoisotopic (exact) mass is 341 g/mol. The van der Waals surface area contributed by atoms with Gasteiger partial charge in [-0.1, -0.05) is 0 Å². The first-order valence-electron chi connectivity index (χ1n) is 7.80. The minimum absolute atomic E-state index is 0.00351. The van der Waals surface area contributed by atoms with Crippen molar-refractivity contribution in [3.63, 3.8) is 0 Å². The number of aromatic nitrogens is 1. The smallest absolute Gasteiger partial charge is 0.281 e. The summed E-state index contributed by atoms with van der Waals surface area (Å²) < 4.78 is 39.0. The van der Waals surface area contributed by atoms with Gasteiger partial charge in [0.25, 0.3) is 10.2 Å². The molecule has 1 aromatic heterocycles. The Morgan fingerprint density at radius 2 is 2.13 bits per heavy atom. The second kappa shape index (κ2) is 6.35. The van der Waals surface area contributed by atoms with Gasteiger partial charge in [-0.05, 0) is 25.0 Å². The van der Waals surface area contributed by atoms with Crippen LogP contribution in [0.25, 0.3) is 0 Å². The van der Waals surface area contributed by atoms with Crippen LogP contribution in [0.15, 0.2) is 24.5 Å². The molecule has 3 heterocycles. The molecule has 2 aliphatic rings. The lowest BCUT2D eigenvalue weighted by molar-refractivity contribution is -0.0325. The number of pyridine rings is 1. The summed E-state index contributed by atoms with van der Waals surface area (Å²) in [4.78, 5) is 4.04. The molecule has 0 aromatic carbocycles. The van der Waals surface area contributed by atoms with Crippen LogP contribution in [0.4, 0.5) is 0 Å². The van der Waals surface area contributed by atoms with Gasteiger partial charge in [0, 0.05) is 39.8 Å². The summed E-state index contributed by atoms with van der Waals surface area (Å²) in [6.07, 6.45) is 5.59. The zero-order chi connectivity index (χ0) is 16.5. The second-order valence-corrected chi connectivity index (χ2v) is 8.46. The molecule has 1 spiro atoms. The number of ether oxygens (including phenoxy) is 2. The fourth-order valence-electron chi connectivity index (χ4n) is 3.19. The third kappa shape index (κ3) is 3.50. The summed E-state index contributed by atoms with van der Waals surface area (Å²) in [5.41, 5.74) is -0.259. The highest BCUT2D eigenvalue weighted by atomic mass is 32.2. The molecule has 1 atom stereocenters. The topological polar surface area (TPSA) is 72.0 Å². The highest BCUT2D eigenvalue weighted by molar-refractivity contribution is 7.86. The molecule has 3 rings (SSSR count). The van der Waals surface area contributed by atoms with Gasteiger partial charge in [0.2, 0.25) is 0 Å². The minimum atomic E-state index is -3.34. The van der Waals surface area contributed by atoms with Crippen LogP contribution in [0, 0.1) is 0 Å². The molecule has 0 bridgehead atoms. The van der Waals surface area contributed by atoms with Crippen molar-refractivity contribution in [2.45, 2.75) is 31.0 Å². The quantitative estimate of drug-likeness (QED) is 0.813. The molecular formula is C15H23N3O4S. The molecule has 0 saturated carbocycles. The van der Waals surface area contributed by atoms with Gasteiger partial charge in [-0.2, -0.15) is 17.0 Å². The van der Waals surface area contributed by atoms with Gasteiger partial charge in [0.15, 0.2) is 0 Å². The van der Waals surface area contributed by atoms with Crippen molar-refractivity contribution < 1.29 is 17.9 Å². The Kier molecular flexibility index (Phi) is 4.59. The van der Waals surface area contributed by atoms with E-state index in [1.54, 1.807) is 26.5 Å². The van der Waals surface area contributed by atoms with Crippen LogP contribution in [0.5, 0.6) is 5.75 Å². The van der Waals surface area contributed by atoms with E-state index >= 15 is 0 Å². The lowest BCUT2D eigenvalue weighted by atomic mass is 9.89. The standard InChI is InChI=1S/C15H23N3O4S/c1-17(2)23(19,20)18-8-5-15(6-9-18)10-14(12-21-15)22-13-4-3-7-16-11-13/h3-4,7,11,14H,5-6,8-10,12H2,1-2H3/t14-/m1/s1. The van der Waals surface area contributed by atoms with Crippen molar-refractivity contribution in [1.82, 2.24) is 13.6 Å². The van der Waals surface area contributed by atoms with Crippen LogP contribution in [-0.4, -0.2) is 67.5 Å². The maximum absolute atomic E-state index is 12.2. The first-order valence-corrected chi connectivity index (χ1v) is 9.19. The zero-order valence-corrected chi connectivity index (χ0v) is 14.3. The van der Waals surface area contributed by atoms with Gasteiger partial charge in [0.1, 0.15) is 11.9 Å². The van der Waals surface area contributed by atoms with E-state index in [9.17, 15) is 8.42 Å². The fourth-order valence-corrected chi connectivity index (χ4v) is 4.30. The molecule has 0 N–H and O–H groups in total. The Morgan fingerprint density at radius 1 is 1.39 bits per heavy atom. The van der Waals surface area contributed by atoms with Crippen molar-refractivity contribution in [3.05, 3.63) is 24.5 Å².